The van der Waals surface area contributed by atoms with E-state index < -0.39 is 0 Å². The molecule has 1 aromatic heterocycles. The van der Waals surface area contributed by atoms with E-state index in [1.807, 2.05) is 52.7 Å². The van der Waals surface area contributed by atoms with Gasteiger partial charge in [0.05, 0.1) is 0 Å². The van der Waals surface area contributed by atoms with Crippen LogP contribution >= 0.6 is 22.9 Å². The Morgan fingerprint density at radius 1 is 1.04 bits per heavy atom. The van der Waals surface area contributed by atoms with Gasteiger partial charge in [0.2, 0.25) is 0 Å². The lowest BCUT2D eigenvalue weighted by Gasteiger charge is -2.26. The zero-order valence-electron chi connectivity index (χ0n) is 14.1. The van der Waals surface area contributed by atoms with Crippen molar-refractivity contribution >= 4 is 34.4 Å². The van der Waals surface area contributed by atoms with Crippen molar-refractivity contribution in [1.82, 2.24) is 9.88 Å². The molecule has 1 amide bonds. The molecule has 0 N–H and O–H groups in total. The van der Waals surface area contributed by atoms with Crippen LogP contribution in [-0.2, 0) is 0 Å². The Morgan fingerprint density at radius 2 is 1.81 bits per heavy atom. The molecule has 0 bridgehead atoms. The van der Waals surface area contributed by atoms with Crippen molar-refractivity contribution in [1.29, 1.82) is 0 Å². The molecule has 0 saturated carbocycles. The summed E-state index contributed by atoms with van der Waals surface area (Å²) < 4.78 is 0. The maximum Gasteiger partial charge on any atom is 0.273 e. The van der Waals surface area contributed by atoms with Gasteiger partial charge in [0.25, 0.3) is 5.91 Å². The molecule has 1 aliphatic heterocycles. The van der Waals surface area contributed by atoms with Crippen molar-refractivity contribution in [3.05, 3.63) is 82.3 Å². The molecule has 0 spiro atoms. The highest BCUT2D eigenvalue weighted by Crippen LogP contribution is 2.27. The number of carbonyl (C=O) groups is 1. The quantitative estimate of drug-likeness (QED) is 0.610. The minimum absolute atomic E-state index is 0.00942. The Kier molecular flexibility index (Phi) is 4.87. The minimum atomic E-state index is -0.00942. The third kappa shape index (κ3) is 3.57. The van der Waals surface area contributed by atoms with E-state index in [9.17, 15) is 4.79 Å². The number of amides is 1. The number of hydrogen-bond acceptors (Lipinski definition) is 3. The van der Waals surface area contributed by atoms with Gasteiger partial charge in [-0.05, 0) is 29.7 Å². The number of thiazole rings is 1. The molecule has 0 radical (unpaired) electrons. The molecule has 130 valence electrons. The van der Waals surface area contributed by atoms with Crippen LogP contribution in [0.4, 0.5) is 0 Å². The van der Waals surface area contributed by atoms with E-state index in [-0.39, 0.29) is 5.91 Å². The van der Waals surface area contributed by atoms with Crippen molar-refractivity contribution in [3.8, 4) is 10.6 Å². The third-order valence-corrected chi connectivity index (χ3v) is 5.60. The van der Waals surface area contributed by atoms with Gasteiger partial charge in [-0.25, -0.2) is 4.98 Å². The monoisotopic (exact) mass is 380 g/mol. The highest BCUT2D eigenvalue weighted by molar-refractivity contribution is 7.13. The summed E-state index contributed by atoms with van der Waals surface area (Å²) in [6.45, 7) is 1.34. The van der Waals surface area contributed by atoms with Gasteiger partial charge in [0.15, 0.2) is 0 Å². The SMILES string of the molecule is O=C(c1csc(-c2ccc(Cl)cc2)n1)N1CC=C(c2ccccc2)CC1. The summed E-state index contributed by atoms with van der Waals surface area (Å²) in [7, 11) is 0. The number of halogens is 1. The molecule has 2 aromatic carbocycles. The Hall–Kier alpha value is -2.43. The summed E-state index contributed by atoms with van der Waals surface area (Å²) in [5.41, 5.74) is 4.02. The average molecular weight is 381 g/mol. The Labute approximate surface area is 161 Å². The number of rotatable bonds is 3. The molecule has 5 heteroatoms. The van der Waals surface area contributed by atoms with Gasteiger partial charge < -0.3 is 4.90 Å². The number of aromatic nitrogens is 1. The second kappa shape index (κ2) is 7.44. The van der Waals surface area contributed by atoms with Crippen molar-refractivity contribution < 1.29 is 4.79 Å². The zero-order chi connectivity index (χ0) is 17.9. The molecule has 0 aliphatic carbocycles. The average Bonchev–Trinajstić information content (AvgIpc) is 3.19. The minimum Gasteiger partial charge on any atom is -0.333 e. The topological polar surface area (TPSA) is 33.2 Å². The fourth-order valence-corrected chi connectivity index (χ4v) is 3.95. The fourth-order valence-electron chi connectivity index (χ4n) is 3.03. The van der Waals surface area contributed by atoms with Crippen LogP contribution in [0.1, 0.15) is 22.5 Å². The Balaban J connectivity index is 1.47. The molecule has 0 atom stereocenters. The Morgan fingerprint density at radius 3 is 2.50 bits per heavy atom. The van der Waals surface area contributed by atoms with Crippen LogP contribution < -0.4 is 0 Å². The highest BCUT2D eigenvalue weighted by Gasteiger charge is 2.21. The van der Waals surface area contributed by atoms with Crippen molar-refractivity contribution in [3.63, 3.8) is 0 Å². The second-order valence-electron chi connectivity index (χ2n) is 6.14. The number of carbonyl (C=O) groups excluding carboxylic acids is 1. The van der Waals surface area contributed by atoms with Crippen LogP contribution in [0.5, 0.6) is 0 Å². The summed E-state index contributed by atoms with van der Waals surface area (Å²) in [6, 6.07) is 17.8. The first-order chi connectivity index (χ1) is 12.7. The van der Waals surface area contributed by atoms with Crippen LogP contribution in [0.15, 0.2) is 66.1 Å². The predicted molar refractivity (Wildman–Crippen MR) is 107 cm³/mol. The van der Waals surface area contributed by atoms with E-state index in [2.05, 4.69) is 23.2 Å². The standard InChI is InChI=1S/C21H17ClN2OS/c22-18-8-6-17(7-9-18)20-23-19(14-26-20)21(25)24-12-10-16(11-13-24)15-4-2-1-3-5-15/h1-10,14H,11-13H2. The molecule has 0 saturated heterocycles. The van der Waals surface area contributed by atoms with E-state index in [1.54, 1.807) is 0 Å². The molecule has 26 heavy (non-hydrogen) atoms. The summed E-state index contributed by atoms with van der Waals surface area (Å²) in [4.78, 5) is 19.1. The van der Waals surface area contributed by atoms with Gasteiger partial charge in [-0.3, -0.25) is 4.79 Å². The van der Waals surface area contributed by atoms with Crippen LogP contribution in [0.25, 0.3) is 16.1 Å². The van der Waals surface area contributed by atoms with Gasteiger partial charge in [-0.1, -0.05) is 60.1 Å². The highest BCUT2D eigenvalue weighted by atomic mass is 35.5. The molecule has 3 nitrogen and oxygen atoms in total. The normalized spacial score (nSPS) is 14.2. The van der Waals surface area contributed by atoms with Crippen molar-refractivity contribution in [2.45, 2.75) is 6.42 Å². The van der Waals surface area contributed by atoms with E-state index in [0.29, 0.717) is 23.8 Å². The number of hydrogen-bond donors (Lipinski definition) is 0. The van der Waals surface area contributed by atoms with E-state index in [4.69, 9.17) is 11.6 Å². The molecular weight excluding hydrogens is 364 g/mol. The smallest absolute Gasteiger partial charge is 0.273 e. The number of nitrogens with zero attached hydrogens (tertiary/aromatic N) is 2. The second-order valence-corrected chi connectivity index (χ2v) is 7.44. The van der Waals surface area contributed by atoms with E-state index >= 15 is 0 Å². The van der Waals surface area contributed by atoms with Crippen LogP contribution in [0, 0.1) is 0 Å². The van der Waals surface area contributed by atoms with Crippen LogP contribution in [-0.4, -0.2) is 28.9 Å². The molecular formula is C21H17ClN2OS. The van der Waals surface area contributed by atoms with Gasteiger partial charge in [0.1, 0.15) is 10.7 Å². The lowest BCUT2D eigenvalue weighted by molar-refractivity contribution is 0.0768. The van der Waals surface area contributed by atoms with Crippen LogP contribution in [0.2, 0.25) is 5.02 Å². The molecule has 0 fully saturated rings. The van der Waals surface area contributed by atoms with Gasteiger partial charge in [-0.15, -0.1) is 11.3 Å². The van der Waals surface area contributed by atoms with E-state index in [1.165, 1.54) is 22.5 Å². The molecule has 4 rings (SSSR count). The van der Waals surface area contributed by atoms with Gasteiger partial charge in [0, 0.05) is 29.1 Å². The Bertz CT molecular complexity index is 948. The molecule has 3 aromatic rings. The predicted octanol–water partition coefficient (Wildman–Crippen LogP) is 5.39. The first-order valence-corrected chi connectivity index (χ1v) is 9.72. The maximum atomic E-state index is 12.8. The van der Waals surface area contributed by atoms with Gasteiger partial charge in [-0.2, -0.15) is 0 Å². The largest absolute Gasteiger partial charge is 0.333 e. The fraction of sp³-hybridized carbons (Fsp3) is 0.143. The van der Waals surface area contributed by atoms with Crippen molar-refractivity contribution in [2.75, 3.05) is 13.1 Å². The van der Waals surface area contributed by atoms with Crippen LogP contribution in [0.3, 0.4) is 0 Å². The number of benzene rings is 2. The summed E-state index contributed by atoms with van der Waals surface area (Å²) >= 11 is 7.41. The summed E-state index contributed by atoms with van der Waals surface area (Å²) in [5, 5.41) is 3.36. The maximum absolute atomic E-state index is 12.8. The lowest BCUT2D eigenvalue weighted by atomic mass is 9.99. The lowest BCUT2D eigenvalue weighted by Crippen LogP contribution is -2.34. The van der Waals surface area contributed by atoms with Gasteiger partial charge >= 0.3 is 0 Å². The first kappa shape index (κ1) is 17.0. The zero-order valence-corrected chi connectivity index (χ0v) is 15.6. The third-order valence-electron chi connectivity index (χ3n) is 4.46. The molecule has 1 aliphatic rings. The van der Waals surface area contributed by atoms with Crippen molar-refractivity contribution in [2.24, 2.45) is 0 Å². The first-order valence-electron chi connectivity index (χ1n) is 8.46. The summed E-state index contributed by atoms with van der Waals surface area (Å²) in [5.74, 6) is -0.00942. The molecule has 0 unspecified atom stereocenters. The summed E-state index contributed by atoms with van der Waals surface area (Å²) in [6.07, 6.45) is 3.01. The molecule has 2 heterocycles. The van der Waals surface area contributed by atoms with E-state index in [0.717, 1.165) is 17.0 Å².